The van der Waals surface area contributed by atoms with Crippen LogP contribution in [-0.2, 0) is 11.3 Å². The topological polar surface area (TPSA) is 29.5 Å². The molecule has 0 unspecified atom stereocenters. The van der Waals surface area contributed by atoms with Crippen LogP contribution in [0.15, 0.2) is 29.2 Å². The van der Waals surface area contributed by atoms with Crippen molar-refractivity contribution >= 4 is 11.8 Å². The van der Waals surface area contributed by atoms with Gasteiger partial charge in [0, 0.05) is 23.9 Å². The Morgan fingerprint density at radius 2 is 2.27 bits per heavy atom. The van der Waals surface area contributed by atoms with Crippen molar-refractivity contribution in [1.82, 2.24) is 0 Å². The molecule has 0 spiro atoms. The van der Waals surface area contributed by atoms with Crippen molar-refractivity contribution in [2.45, 2.75) is 24.8 Å². The second-order valence-corrected chi connectivity index (χ2v) is 4.37. The van der Waals surface area contributed by atoms with Gasteiger partial charge in [-0.15, -0.1) is 11.8 Å². The highest BCUT2D eigenvalue weighted by atomic mass is 32.2. The summed E-state index contributed by atoms with van der Waals surface area (Å²) in [6.45, 7) is 3.76. The van der Waals surface area contributed by atoms with Crippen molar-refractivity contribution in [3.05, 3.63) is 29.8 Å². The molecule has 15 heavy (non-hydrogen) atoms. The molecule has 0 bridgehead atoms. The number of hydrogen-bond acceptors (Lipinski definition) is 3. The van der Waals surface area contributed by atoms with Gasteiger partial charge in [-0.1, -0.05) is 12.1 Å². The first-order valence-electron chi connectivity index (χ1n) is 5.27. The molecule has 1 N–H and O–H groups in total. The van der Waals surface area contributed by atoms with E-state index >= 15 is 0 Å². The minimum atomic E-state index is 0.118. The summed E-state index contributed by atoms with van der Waals surface area (Å²) in [5.41, 5.74) is 0.977. The average molecular weight is 226 g/mol. The van der Waals surface area contributed by atoms with E-state index in [0.717, 1.165) is 31.0 Å². The lowest BCUT2D eigenvalue weighted by molar-refractivity contribution is 0.149. The standard InChI is InChI=1S/C12H18O2S/c1-2-14-7-4-8-15-12-6-3-5-11(9-12)10-13/h3,5-6,9,13H,2,4,7-8,10H2,1H3. The fourth-order valence-corrected chi connectivity index (χ4v) is 2.14. The first-order chi connectivity index (χ1) is 7.36. The van der Waals surface area contributed by atoms with Gasteiger partial charge in [0.25, 0.3) is 0 Å². The van der Waals surface area contributed by atoms with E-state index in [-0.39, 0.29) is 6.61 Å². The van der Waals surface area contributed by atoms with Gasteiger partial charge in [-0.05, 0) is 31.0 Å². The predicted molar refractivity (Wildman–Crippen MR) is 64.2 cm³/mol. The molecule has 0 amide bonds. The fraction of sp³-hybridized carbons (Fsp3) is 0.500. The van der Waals surface area contributed by atoms with Gasteiger partial charge in [0.2, 0.25) is 0 Å². The highest BCUT2D eigenvalue weighted by molar-refractivity contribution is 7.99. The van der Waals surface area contributed by atoms with Crippen LogP contribution in [0.3, 0.4) is 0 Å². The summed E-state index contributed by atoms with van der Waals surface area (Å²) in [6, 6.07) is 8.02. The van der Waals surface area contributed by atoms with Gasteiger partial charge in [0.1, 0.15) is 0 Å². The molecular formula is C12H18O2S. The van der Waals surface area contributed by atoms with Gasteiger partial charge in [0.15, 0.2) is 0 Å². The summed E-state index contributed by atoms with van der Waals surface area (Å²) in [6.07, 6.45) is 1.07. The predicted octanol–water partition coefficient (Wildman–Crippen LogP) is 2.70. The molecule has 0 aliphatic heterocycles. The van der Waals surface area contributed by atoms with Crippen molar-refractivity contribution in [1.29, 1.82) is 0 Å². The van der Waals surface area contributed by atoms with Crippen LogP contribution in [0.2, 0.25) is 0 Å². The first kappa shape index (κ1) is 12.6. The van der Waals surface area contributed by atoms with E-state index in [0.29, 0.717) is 0 Å². The van der Waals surface area contributed by atoms with Crippen molar-refractivity contribution < 1.29 is 9.84 Å². The van der Waals surface area contributed by atoms with Crippen LogP contribution in [0.25, 0.3) is 0 Å². The zero-order valence-corrected chi connectivity index (χ0v) is 9.93. The summed E-state index contributed by atoms with van der Waals surface area (Å²) < 4.78 is 5.26. The van der Waals surface area contributed by atoms with Gasteiger partial charge < -0.3 is 9.84 Å². The van der Waals surface area contributed by atoms with Gasteiger partial charge >= 0.3 is 0 Å². The number of aliphatic hydroxyl groups is 1. The van der Waals surface area contributed by atoms with E-state index in [9.17, 15) is 0 Å². The van der Waals surface area contributed by atoms with Crippen molar-refractivity contribution in [2.75, 3.05) is 19.0 Å². The summed E-state index contributed by atoms with van der Waals surface area (Å²) in [5.74, 6) is 1.06. The summed E-state index contributed by atoms with van der Waals surface area (Å²) in [5, 5.41) is 8.97. The fourth-order valence-electron chi connectivity index (χ4n) is 1.23. The molecule has 0 heterocycles. The minimum absolute atomic E-state index is 0.118. The highest BCUT2D eigenvalue weighted by Crippen LogP contribution is 2.19. The van der Waals surface area contributed by atoms with Crippen LogP contribution in [0.5, 0.6) is 0 Å². The number of ether oxygens (including phenoxy) is 1. The summed E-state index contributed by atoms with van der Waals surface area (Å²) >= 11 is 1.81. The Morgan fingerprint density at radius 3 is 3.00 bits per heavy atom. The summed E-state index contributed by atoms with van der Waals surface area (Å²) in [4.78, 5) is 1.22. The van der Waals surface area contributed by atoms with E-state index in [1.165, 1.54) is 4.90 Å². The number of benzene rings is 1. The molecule has 1 rings (SSSR count). The van der Waals surface area contributed by atoms with E-state index in [1.807, 2.05) is 36.9 Å². The van der Waals surface area contributed by atoms with Crippen molar-refractivity contribution in [2.24, 2.45) is 0 Å². The molecular weight excluding hydrogens is 208 g/mol. The Balaban J connectivity index is 2.24. The van der Waals surface area contributed by atoms with E-state index < -0.39 is 0 Å². The normalized spacial score (nSPS) is 10.5. The molecule has 84 valence electrons. The van der Waals surface area contributed by atoms with Gasteiger partial charge in [-0.3, -0.25) is 0 Å². The zero-order chi connectivity index (χ0) is 10.9. The Bertz CT molecular complexity index is 276. The van der Waals surface area contributed by atoms with Crippen LogP contribution < -0.4 is 0 Å². The lowest BCUT2D eigenvalue weighted by Gasteiger charge is -2.03. The van der Waals surface area contributed by atoms with Crippen LogP contribution >= 0.6 is 11.8 Å². The largest absolute Gasteiger partial charge is 0.392 e. The molecule has 0 aromatic heterocycles. The van der Waals surface area contributed by atoms with E-state index in [2.05, 4.69) is 6.07 Å². The Kier molecular flexibility index (Phi) is 6.48. The molecule has 1 aromatic rings. The second kappa shape index (κ2) is 7.74. The molecule has 3 heteroatoms. The van der Waals surface area contributed by atoms with Gasteiger partial charge in [-0.25, -0.2) is 0 Å². The van der Waals surface area contributed by atoms with Crippen LogP contribution in [0, 0.1) is 0 Å². The Hall–Kier alpha value is -0.510. The van der Waals surface area contributed by atoms with E-state index in [1.54, 1.807) is 0 Å². The quantitative estimate of drug-likeness (QED) is 0.572. The Labute approximate surface area is 95.7 Å². The maximum absolute atomic E-state index is 8.97. The molecule has 0 aliphatic rings. The number of rotatable bonds is 7. The van der Waals surface area contributed by atoms with Crippen LogP contribution in [0.4, 0.5) is 0 Å². The lowest BCUT2D eigenvalue weighted by atomic mass is 10.2. The van der Waals surface area contributed by atoms with Crippen molar-refractivity contribution in [3.63, 3.8) is 0 Å². The third-order valence-corrected chi connectivity index (χ3v) is 3.07. The first-order valence-corrected chi connectivity index (χ1v) is 6.25. The van der Waals surface area contributed by atoms with Crippen LogP contribution in [-0.4, -0.2) is 24.1 Å². The van der Waals surface area contributed by atoms with Gasteiger partial charge in [0.05, 0.1) is 6.61 Å². The van der Waals surface area contributed by atoms with E-state index in [4.69, 9.17) is 9.84 Å². The zero-order valence-electron chi connectivity index (χ0n) is 9.11. The lowest BCUT2D eigenvalue weighted by Crippen LogP contribution is -1.94. The third-order valence-electron chi connectivity index (χ3n) is 1.99. The molecule has 0 atom stereocenters. The molecule has 0 fully saturated rings. The minimum Gasteiger partial charge on any atom is -0.392 e. The summed E-state index contributed by atoms with van der Waals surface area (Å²) in [7, 11) is 0. The number of hydrogen-bond donors (Lipinski definition) is 1. The Morgan fingerprint density at radius 1 is 1.40 bits per heavy atom. The molecule has 2 nitrogen and oxygen atoms in total. The molecule has 0 saturated heterocycles. The van der Waals surface area contributed by atoms with Crippen LogP contribution in [0.1, 0.15) is 18.9 Å². The highest BCUT2D eigenvalue weighted by Gasteiger charge is 1.96. The molecule has 0 saturated carbocycles. The molecule has 0 radical (unpaired) electrons. The maximum Gasteiger partial charge on any atom is 0.0682 e. The number of thioether (sulfide) groups is 1. The molecule has 1 aromatic carbocycles. The second-order valence-electron chi connectivity index (χ2n) is 3.20. The monoisotopic (exact) mass is 226 g/mol. The number of aliphatic hydroxyl groups excluding tert-OH is 1. The average Bonchev–Trinajstić information content (AvgIpc) is 2.29. The molecule has 0 aliphatic carbocycles. The maximum atomic E-state index is 8.97. The third kappa shape index (κ3) is 5.21. The van der Waals surface area contributed by atoms with Gasteiger partial charge in [-0.2, -0.15) is 0 Å². The SMILES string of the molecule is CCOCCCSc1cccc(CO)c1. The smallest absolute Gasteiger partial charge is 0.0682 e. The van der Waals surface area contributed by atoms with Crippen molar-refractivity contribution in [3.8, 4) is 0 Å².